The van der Waals surface area contributed by atoms with Crippen molar-refractivity contribution in [3.8, 4) is 0 Å². The summed E-state index contributed by atoms with van der Waals surface area (Å²) in [5.41, 5.74) is 0. The fourth-order valence-corrected chi connectivity index (χ4v) is 2.38. The van der Waals surface area contributed by atoms with Crippen LogP contribution in [0.4, 0.5) is 0 Å². The molecule has 3 heteroatoms. The van der Waals surface area contributed by atoms with Gasteiger partial charge in [-0.2, -0.15) is 11.8 Å². The zero-order valence-corrected chi connectivity index (χ0v) is 10.8. The first-order valence-electron chi connectivity index (χ1n) is 5.97. The van der Waals surface area contributed by atoms with Crippen LogP contribution < -0.4 is 5.11 Å². The van der Waals surface area contributed by atoms with Crippen molar-refractivity contribution in [1.82, 2.24) is 0 Å². The van der Waals surface area contributed by atoms with Gasteiger partial charge in [0.2, 0.25) is 0 Å². The molecule has 0 fully saturated rings. The molecule has 90 valence electrons. The van der Waals surface area contributed by atoms with Crippen LogP contribution in [0.25, 0.3) is 0 Å². The van der Waals surface area contributed by atoms with E-state index in [1.165, 1.54) is 38.5 Å². The second kappa shape index (κ2) is 10.3. The molecule has 0 aliphatic carbocycles. The smallest absolute Gasteiger partial charge is 0.0450 e. The van der Waals surface area contributed by atoms with E-state index in [0.29, 0.717) is 5.75 Å². The van der Waals surface area contributed by atoms with E-state index in [-0.39, 0.29) is 5.92 Å². The van der Waals surface area contributed by atoms with Gasteiger partial charge in [-0.3, -0.25) is 0 Å². The van der Waals surface area contributed by atoms with Gasteiger partial charge in [0.15, 0.2) is 0 Å². The van der Waals surface area contributed by atoms with Gasteiger partial charge in [-0.15, -0.1) is 0 Å². The first-order valence-corrected chi connectivity index (χ1v) is 7.12. The molecule has 1 unspecified atom stereocenters. The van der Waals surface area contributed by atoms with Gasteiger partial charge in [-0.1, -0.05) is 46.0 Å². The lowest BCUT2D eigenvalue weighted by Gasteiger charge is -2.11. The van der Waals surface area contributed by atoms with Gasteiger partial charge < -0.3 is 9.90 Å². The van der Waals surface area contributed by atoms with E-state index in [1.807, 2.05) is 0 Å². The highest BCUT2D eigenvalue weighted by molar-refractivity contribution is 7.99. The molecule has 0 aliphatic heterocycles. The number of carbonyl (C=O) groups excluding carboxylic acids is 1. The SMILES string of the molecule is CCCCCCCCSCC(C)C(=O)[O-]. The number of rotatable bonds is 10. The maximum Gasteiger partial charge on any atom is 0.0450 e. The summed E-state index contributed by atoms with van der Waals surface area (Å²) in [6, 6.07) is 0. The first kappa shape index (κ1) is 14.8. The fraction of sp³-hybridized carbons (Fsp3) is 0.917. The van der Waals surface area contributed by atoms with E-state index < -0.39 is 5.97 Å². The van der Waals surface area contributed by atoms with Crippen LogP contribution >= 0.6 is 11.8 Å². The second-order valence-corrected chi connectivity index (χ2v) is 5.21. The number of carboxylic acid groups (broad SMARTS) is 1. The summed E-state index contributed by atoms with van der Waals surface area (Å²) in [5, 5.41) is 10.4. The van der Waals surface area contributed by atoms with Gasteiger partial charge in [-0.25, -0.2) is 0 Å². The van der Waals surface area contributed by atoms with Crippen molar-refractivity contribution < 1.29 is 9.90 Å². The molecule has 0 bridgehead atoms. The zero-order chi connectivity index (χ0) is 11.5. The maximum absolute atomic E-state index is 10.4. The van der Waals surface area contributed by atoms with Gasteiger partial charge in [-0.05, 0) is 12.2 Å². The van der Waals surface area contributed by atoms with Crippen molar-refractivity contribution in [3.63, 3.8) is 0 Å². The van der Waals surface area contributed by atoms with Crippen molar-refractivity contribution in [2.75, 3.05) is 11.5 Å². The van der Waals surface area contributed by atoms with Crippen molar-refractivity contribution in [2.24, 2.45) is 5.92 Å². The van der Waals surface area contributed by atoms with E-state index in [0.717, 1.165) is 5.75 Å². The monoisotopic (exact) mass is 231 g/mol. The van der Waals surface area contributed by atoms with E-state index in [1.54, 1.807) is 18.7 Å². The number of hydrogen-bond acceptors (Lipinski definition) is 3. The van der Waals surface area contributed by atoms with Crippen LogP contribution in [-0.4, -0.2) is 17.5 Å². The van der Waals surface area contributed by atoms with Crippen molar-refractivity contribution in [3.05, 3.63) is 0 Å². The van der Waals surface area contributed by atoms with Gasteiger partial charge in [0.05, 0.1) is 0 Å². The summed E-state index contributed by atoms with van der Waals surface area (Å²) in [5.74, 6) is 0.543. The Morgan fingerprint density at radius 1 is 1.20 bits per heavy atom. The minimum atomic E-state index is -0.926. The molecule has 0 heterocycles. The summed E-state index contributed by atoms with van der Waals surface area (Å²) in [4.78, 5) is 10.4. The predicted molar refractivity (Wildman–Crippen MR) is 64.9 cm³/mol. The van der Waals surface area contributed by atoms with Crippen LogP contribution in [0.15, 0.2) is 0 Å². The summed E-state index contributed by atoms with van der Waals surface area (Å²) >= 11 is 1.73. The molecule has 0 aromatic heterocycles. The molecule has 0 saturated heterocycles. The van der Waals surface area contributed by atoms with Gasteiger partial charge >= 0.3 is 0 Å². The third-order valence-electron chi connectivity index (χ3n) is 2.41. The minimum Gasteiger partial charge on any atom is -0.550 e. The number of thioether (sulfide) groups is 1. The standard InChI is InChI=1S/C12H24O2S/c1-3-4-5-6-7-8-9-15-10-11(2)12(13)14/h11H,3-10H2,1-2H3,(H,13,14)/p-1. The van der Waals surface area contributed by atoms with E-state index in [2.05, 4.69) is 6.92 Å². The molecule has 0 amide bonds. The number of carboxylic acids is 1. The van der Waals surface area contributed by atoms with Crippen molar-refractivity contribution in [1.29, 1.82) is 0 Å². The molecule has 0 N–H and O–H groups in total. The molecule has 0 spiro atoms. The third-order valence-corrected chi connectivity index (χ3v) is 3.73. The quantitative estimate of drug-likeness (QED) is 0.542. The predicted octanol–water partition coefficient (Wildman–Crippen LogP) is 2.47. The Kier molecular flexibility index (Phi) is 10.2. The van der Waals surface area contributed by atoms with E-state index in [9.17, 15) is 9.90 Å². The van der Waals surface area contributed by atoms with E-state index in [4.69, 9.17) is 0 Å². The lowest BCUT2D eigenvalue weighted by Crippen LogP contribution is -2.30. The summed E-state index contributed by atoms with van der Waals surface area (Å²) < 4.78 is 0. The van der Waals surface area contributed by atoms with Crippen LogP contribution in [0.1, 0.15) is 52.4 Å². The molecule has 0 aromatic rings. The zero-order valence-electron chi connectivity index (χ0n) is 9.96. The Morgan fingerprint density at radius 2 is 1.80 bits per heavy atom. The Balaban J connectivity index is 3.08. The fourth-order valence-electron chi connectivity index (χ4n) is 1.31. The second-order valence-electron chi connectivity index (χ2n) is 4.06. The van der Waals surface area contributed by atoms with Crippen molar-refractivity contribution in [2.45, 2.75) is 52.4 Å². The molecule has 0 radical (unpaired) electrons. The lowest BCUT2D eigenvalue weighted by atomic mass is 10.1. The number of hydrogen-bond donors (Lipinski definition) is 0. The first-order chi connectivity index (χ1) is 7.18. The highest BCUT2D eigenvalue weighted by atomic mass is 32.2. The Morgan fingerprint density at radius 3 is 2.40 bits per heavy atom. The summed E-state index contributed by atoms with van der Waals surface area (Å²) in [7, 11) is 0. The molecule has 0 rings (SSSR count). The topological polar surface area (TPSA) is 40.1 Å². The van der Waals surface area contributed by atoms with Crippen molar-refractivity contribution >= 4 is 17.7 Å². The Hall–Kier alpha value is -0.180. The van der Waals surface area contributed by atoms with Gasteiger partial charge in [0.25, 0.3) is 0 Å². The van der Waals surface area contributed by atoms with E-state index >= 15 is 0 Å². The highest BCUT2D eigenvalue weighted by Gasteiger charge is 2.01. The third kappa shape index (κ3) is 10.1. The maximum atomic E-state index is 10.4. The highest BCUT2D eigenvalue weighted by Crippen LogP contribution is 2.12. The average Bonchev–Trinajstić information content (AvgIpc) is 2.21. The Bertz CT molecular complexity index is 160. The molecule has 0 aliphatic rings. The largest absolute Gasteiger partial charge is 0.550 e. The van der Waals surface area contributed by atoms with Crippen LogP contribution in [0.5, 0.6) is 0 Å². The van der Waals surface area contributed by atoms with Crippen LogP contribution in [0.2, 0.25) is 0 Å². The number of unbranched alkanes of at least 4 members (excludes halogenated alkanes) is 5. The van der Waals surface area contributed by atoms with Crippen LogP contribution in [0, 0.1) is 5.92 Å². The minimum absolute atomic E-state index is 0.310. The average molecular weight is 231 g/mol. The summed E-state index contributed by atoms with van der Waals surface area (Å²) in [6.07, 6.45) is 7.80. The number of aliphatic carboxylic acids is 1. The number of carbonyl (C=O) groups is 1. The molecule has 0 aromatic carbocycles. The molecule has 2 nitrogen and oxygen atoms in total. The molecule has 15 heavy (non-hydrogen) atoms. The van der Waals surface area contributed by atoms with Gasteiger partial charge in [0.1, 0.15) is 0 Å². The van der Waals surface area contributed by atoms with Crippen LogP contribution in [0.3, 0.4) is 0 Å². The Labute approximate surface area is 97.8 Å². The lowest BCUT2D eigenvalue weighted by molar-refractivity contribution is -0.310. The van der Waals surface area contributed by atoms with Gasteiger partial charge in [0, 0.05) is 17.6 Å². The summed E-state index contributed by atoms with van der Waals surface area (Å²) in [6.45, 7) is 3.93. The normalized spacial score (nSPS) is 12.7. The molecule has 1 atom stereocenters. The molecular formula is C12H23O2S-. The molecular weight excluding hydrogens is 208 g/mol. The van der Waals surface area contributed by atoms with Crippen LogP contribution in [-0.2, 0) is 4.79 Å². The molecule has 0 saturated carbocycles.